The van der Waals surface area contributed by atoms with Crippen LogP contribution in [0.25, 0.3) is 0 Å². The third-order valence-electron chi connectivity index (χ3n) is 1.32. The number of rotatable bonds is 5. The van der Waals surface area contributed by atoms with Crippen molar-refractivity contribution in [3.8, 4) is 0 Å². The number of guanidine groups is 1. The van der Waals surface area contributed by atoms with E-state index in [1.54, 1.807) is 0 Å². The van der Waals surface area contributed by atoms with E-state index in [9.17, 15) is 4.79 Å². The van der Waals surface area contributed by atoms with Crippen LogP contribution >= 0.6 is 0 Å². The van der Waals surface area contributed by atoms with E-state index >= 15 is 0 Å². The van der Waals surface area contributed by atoms with Crippen LogP contribution in [0.15, 0.2) is 0 Å². The molecule has 13 heavy (non-hydrogen) atoms. The molecule has 0 spiro atoms. The summed E-state index contributed by atoms with van der Waals surface area (Å²) in [4.78, 5) is 10.2. The van der Waals surface area contributed by atoms with Gasteiger partial charge in [0.15, 0.2) is 5.96 Å². The van der Waals surface area contributed by atoms with Crippen LogP contribution in [0.2, 0.25) is 0 Å². The van der Waals surface area contributed by atoms with E-state index in [1.807, 2.05) is 0 Å². The molecule has 0 fully saturated rings. The van der Waals surface area contributed by atoms with Crippen LogP contribution in [-0.4, -0.2) is 29.6 Å². The van der Waals surface area contributed by atoms with Crippen molar-refractivity contribution >= 4 is 11.9 Å². The quantitative estimate of drug-likeness (QED) is 0.233. The normalized spacial score (nSPS) is 11.2. The Labute approximate surface area is 90.8 Å². The Morgan fingerprint density at radius 1 is 1.62 bits per heavy atom. The summed E-state index contributed by atoms with van der Waals surface area (Å²) in [5.74, 6) is -1.11. The standard InChI is InChI=1S/C6H14N4O2.Pt/c7-4(5(11)12)2-1-3-10-6(8)9;/h4H,1-3,7H2,(H,11,12)(H4,8,9,10);/t4-;/m0./s1. The van der Waals surface area contributed by atoms with Crippen LogP contribution in [0.4, 0.5) is 0 Å². The zero-order valence-corrected chi connectivity index (χ0v) is 9.30. The van der Waals surface area contributed by atoms with E-state index in [-0.39, 0.29) is 27.0 Å². The first-order valence-electron chi connectivity index (χ1n) is 3.60. The summed E-state index contributed by atoms with van der Waals surface area (Å²) in [7, 11) is 0. The van der Waals surface area contributed by atoms with E-state index in [4.69, 9.17) is 22.0 Å². The number of carboxylic acid groups (broad SMARTS) is 1. The fourth-order valence-corrected chi connectivity index (χ4v) is 0.669. The summed E-state index contributed by atoms with van der Waals surface area (Å²) in [6.07, 6.45) is 0.975. The molecule has 0 bridgehead atoms. The molecule has 0 amide bonds. The van der Waals surface area contributed by atoms with Crippen molar-refractivity contribution in [3.05, 3.63) is 0 Å². The second-order valence-electron chi connectivity index (χ2n) is 2.43. The van der Waals surface area contributed by atoms with Crippen molar-refractivity contribution in [1.82, 2.24) is 5.32 Å². The van der Waals surface area contributed by atoms with Crippen LogP contribution in [0.1, 0.15) is 12.8 Å². The molecule has 0 unspecified atom stereocenters. The van der Waals surface area contributed by atoms with Gasteiger partial charge in [0, 0.05) is 27.6 Å². The van der Waals surface area contributed by atoms with Crippen LogP contribution in [-0.2, 0) is 25.9 Å². The third kappa shape index (κ3) is 9.30. The maximum atomic E-state index is 10.2. The Hall–Kier alpha value is -0.612. The summed E-state index contributed by atoms with van der Waals surface area (Å²) in [5.41, 5.74) is 10.2. The average molecular weight is 369 g/mol. The van der Waals surface area contributed by atoms with Gasteiger partial charge in [0.25, 0.3) is 0 Å². The monoisotopic (exact) mass is 369 g/mol. The molecule has 0 radical (unpaired) electrons. The van der Waals surface area contributed by atoms with Gasteiger partial charge in [0.2, 0.25) is 0 Å². The van der Waals surface area contributed by atoms with Crippen LogP contribution in [0, 0.1) is 5.41 Å². The minimum atomic E-state index is -1.00. The van der Waals surface area contributed by atoms with Crippen LogP contribution < -0.4 is 16.8 Å². The smallest absolute Gasteiger partial charge is 0.320 e. The molecule has 0 aliphatic carbocycles. The summed E-state index contributed by atoms with van der Waals surface area (Å²) >= 11 is 0. The van der Waals surface area contributed by atoms with Gasteiger partial charge in [-0.25, -0.2) is 0 Å². The first-order valence-corrected chi connectivity index (χ1v) is 3.60. The number of hydrogen-bond donors (Lipinski definition) is 5. The van der Waals surface area contributed by atoms with Crippen molar-refractivity contribution in [2.24, 2.45) is 11.5 Å². The molecule has 0 aliphatic rings. The van der Waals surface area contributed by atoms with Gasteiger partial charge in [-0.3, -0.25) is 10.2 Å². The largest absolute Gasteiger partial charge is 0.480 e. The van der Waals surface area contributed by atoms with Crippen molar-refractivity contribution < 1.29 is 31.0 Å². The van der Waals surface area contributed by atoms with Gasteiger partial charge in [-0.15, -0.1) is 0 Å². The van der Waals surface area contributed by atoms with Crippen molar-refractivity contribution in [3.63, 3.8) is 0 Å². The fourth-order valence-electron chi connectivity index (χ4n) is 0.669. The van der Waals surface area contributed by atoms with E-state index in [0.29, 0.717) is 19.4 Å². The van der Waals surface area contributed by atoms with Crippen molar-refractivity contribution in [2.45, 2.75) is 18.9 Å². The molecule has 0 saturated carbocycles. The molecule has 0 aliphatic heterocycles. The number of nitrogens with one attached hydrogen (secondary N) is 2. The van der Waals surface area contributed by atoms with Crippen molar-refractivity contribution in [1.29, 1.82) is 5.41 Å². The zero-order valence-electron chi connectivity index (χ0n) is 7.03. The predicted molar refractivity (Wildman–Crippen MR) is 44.8 cm³/mol. The van der Waals surface area contributed by atoms with Gasteiger partial charge in [-0.05, 0) is 12.8 Å². The van der Waals surface area contributed by atoms with Gasteiger partial charge in [-0.1, -0.05) is 0 Å². The zero-order chi connectivity index (χ0) is 9.56. The first kappa shape index (κ1) is 14.9. The molecule has 6 nitrogen and oxygen atoms in total. The van der Waals surface area contributed by atoms with Gasteiger partial charge in [0.1, 0.15) is 6.04 Å². The molecule has 0 aromatic rings. The Bertz CT molecular complexity index is 176. The molecule has 7 N–H and O–H groups in total. The minimum Gasteiger partial charge on any atom is -0.480 e. The summed E-state index contributed by atoms with van der Waals surface area (Å²) < 4.78 is 0. The molecule has 0 saturated heterocycles. The van der Waals surface area contributed by atoms with E-state index < -0.39 is 12.0 Å². The Morgan fingerprint density at radius 3 is 2.54 bits per heavy atom. The average Bonchev–Trinajstić information content (AvgIpc) is 1.97. The van der Waals surface area contributed by atoms with Crippen LogP contribution in [0.3, 0.4) is 0 Å². The topological polar surface area (TPSA) is 125 Å². The van der Waals surface area contributed by atoms with E-state index in [1.165, 1.54) is 0 Å². The molecule has 0 heterocycles. The third-order valence-corrected chi connectivity index (χ3v) is 1.32. The molecule has 7 heteroatoms. The van der Waals surface area contributed by atoms with Gasteiger partial charge in [-0.2, -0.15) is 0 Å². The van der Waals surface area contributed by atoms with Crippen molar-refractivity contribution in [2.75, 3.05) is 6.54 Å². The number of carbonyl (C=O) groups is 1. The SMILES string of the molecule is N=C(N)NCCC[C@H](N)C(=O)O.[Pt]. The molecule has 1 atom stereocenters. The number of aliphatic carboxylic acids is 1. The molecule has 0 aromatic carbocycles. The molecule has 0 rings (SSSR count). The van der Waals surface area contributed by atoms with Gasteiger partial charge < -0.3 is 21.9 Å². The molecule has 0 aromatic heterocycles. The Balaban J connectivity index is 0. The second-order valence-corrected chi connectivity index (χ2v) is 2.43. The summed E-state index contributed by atoms with van der Waals surface area (Å²) in [5, 5.41) is 17.7. The summed E-state index contributed by atoms with van der Waals surface area (Å²) in [6.45, 7) is 0.482. The van der Waals surface area contributed by atoms with E-state index in [0.717, 1.165) is 0 Å². The minimum absolute atomic E-state index is 0. The molecular formula is C6H14N4O2Pt. The molecule has 80 valence electrons. The Morgan fingerprint density at radius 2 is 2.15 bits per heavy atom. The maximum absolute atomic E-state index is 10.2. The van der Waals surface area contributed by atoms with E-state index in [2.05, 4.69) is 5.32 Å². The number of carboxylic acids is 1. The number of nitrogens with two attached hydrogens (primary N) is 2. The first-order chi connectivity index (χ1) is 5.54. The fraction of sp³-hybridized carbons (Fsp3) is 0.667. The van der Waals surface area contributed by atoms with Crippen LogP contribution in [0.5, 0.6) is 0 Å². The van der Waals surface area contributed by atoms with Gasteiger partial charge in [0.05, 0.1) is 0 Å². The second kappa shape index (κ2) is 8.01. The van der Waals surface area contributed by atoms with Gasteiger partial charge >= 0.3 is 5.97 Å². The molecular weight excluding hydrogens is 355 g/mol. The number of hydrogen-bond acceptors (Lipinski definition) is 3. The maximum Gasteiger partial charge on any atom is 0.320 e. The predicted octanol–water partition coefficient (Wildman–Crippen LogP) is -1.34. The summed E-state index contributed by atoms with van der Waals surface area (Å²) in [6, 6.07) is -0.821. The Kier molecular flexibility index (Phi) is 9.17.